The van der Waals surface area contributed by atoms with Gasteiger partial charge >= 0.3 is 29.9 Å². The maximum atomic E-state index is 10.8. The van der Waals surface area contributed by atoms with E-state index in [2.05, 4.69) is 0 Å². The standard InChI is InChI=1S/C2F6S.Li.H/c3-1(4,5)9-2(6,7)8;;. The Morgan fingerprint density at radius 3 is 0.900 bits per heavy atom. The Labute approximate surface area is 68.5 Å². The average molecular weight is 178 g/mol. The van der Waals surface area contributed by atoms with Crippen LogP contribution in [0.4, 0.5) is 26.3 Å². The van der Waals surface area contributed by atoms with E-state index in [1.807, 2.05) is 0 Å². The number of hydrogen-bond acceptors (Lipinski definition) is 1. The van der Waals surface area contributed by atoms with Gasteiger partial charge in [-0.2, -0.15) is 26.3 Å². The predicted molar refractivity (Wildman–Crippen MR) is 26.9 cm³/mol. The van der Waals surface area contributed by atoms with E-state index >= 15 is 0 Å². The molecule has 0 fully saturated rings. The molecule has 0 N–H and O–H groups in total. The van der Waals surface area contributed by atoms with Crippen molar-refractivity contribution in [2.45, 2.75) is 11.0 Å². The summed E-state index contributed by atoms with van der Waals surface area (Å²) < 4.78 is 64.8. The second-order valence-electron chi connectivity index (χ2n) is 0.994. The van der Waals surface area contributed by atoms with E-state index in [0.29, 0.717) is 0 Å². The molecule has 0 nitrogen and oxygen atoms in total. The zero-order chi connectivity index (χ0) is 7.71. The summed E-state index contributed by atoms with van der Waals surface area (Å²) in [5.41, 5.74) is -10.4. The van der Waals surface area contributed by atoms with Crippen molar-refractivity contribution in [3.63, 3.8) is 0 Å². The zero-order valence-corrected chi connectivity index (χ0v) is 4.49. The molecule has 0 amide bonds. The molecule has 0 spiro atoms. The summed E-state index contributed by atoms with van der Waals surface area (Å²) in [7, 11) is 0. The maximum absolute atomic E-state index is 10.8. The summed E-state index contributed by atoms with van der Waals surface area (Å²) >= 11 is -1.99. The van der Waals surface area contributed by atoms with E-state index < -0.39 is 22.8 Å². The average Bonchev–Trinajstić information content (AvgIpc) is 1.14. The van der Waals surface area contributed by atoms with Crippen molar-refractivity contribution in [3.05, 3.63) is 0 Å². The first-order valence-electron chi connectivity index (χ1n) is 1.54. The van der Waals surface area contributed by atoms with Gasteiger partial charge in [0.2, 0.25) is 0 Å². The van der Waals surface area contributed by atoms with Gasteiger partial charge in [0.1, 0.15) is 0 Å². The molecule has 0 aromatic heterocycles. The van der Waals surface area contributed by atoms with Crippen LogP contribution < -0.4 is 0 Å². The van der Waals surface area contributed by atoms with Crippen LogP contribution in [0.2, 0.25) is 0 Å². The molecule has 58 valence electrons. The summed E-state index contributed by atoms with van der Waals surface area (Å²) in [6.45, 7) is 0. The normalized spacial score (nSPS) is 12.6. The number of thioether (sulfide) groups is 1. The summed E-state index contributed by atoms with van der Waals surface area (Å²) in [5.74, 6) is 0. The first-order chi connectivity index (χ1) is 3.71. The zero-order valence-electron chi connectivity index (χ0n) is 3.68. The summed E-state index contributed by atoms with van der Waals surface area (Å²) in [4.78, 5) is 0. The van der Waals surface area contributed by atoms with Gasteiger partial charge in [0.15, 0.2) is 0 Å². The Kier molecular flexibility index (Phi) is 4.98. The molecule has 0 bridgehead atoms. The van der Waals surface area contributed by atoms with E-state index in [9.17, 15) is 26.3 Å². The van der Waals surface area contributed by atoms with Crippen LogP contribution in [0.1, 0.15) is 0 Å². The summed E-state index contributed by atoms with van der Waals surface area (Å²) in [5, 5.41) is 0. The third kappa shape index (κ3) is 11.3. The van der Waals surface area contributed by atoms with Gasteiger partial charge in [-0.15, -0.1) is 0 Å². The van der Waals surface area contributed by atoms with Gasteiger partial charge < -0.3 is 0 Å². The van der Waals surface area contributed by atoms with Gasteiger partial charge in [0, 0.05) is 0 Å². The fourth-order valence-electron chi connectivity index (χ4n) is 0.131. The van der Waals surface area contributed by atoms with Gasteiger partial charge in [-0.25, -0.2) is 0 Å². The topological polar surface area (TPSA) is 0 Å². The minimum atomic E-state index is -5.22. The van der Waals surface area contributed by atoms with Crippen LogP contribution in [-0.4, -0.2) is 29.9 Å². The van der Waals surface area contributed by atoms with Crippen molar-refractivity contribution in [2.24, 2.45) is 0 Å². The fraction of sp³-hybridized carbons (Fsp3) is 1.00. The van der Waals surface area contributed by atoms with Gasteiger partial charge in [0.25, 0.3) is 0 Å². The first kappa shape index (κ1) is 13.1. The van der Waals surface area contributed by atoms with Crippen molar-refractivity contribution in [2.75, 3.05) is 0 Å². The van der Waals surface area contributed by atoms with Crippen molar-refractivity contribution in [1.82, 2.24) is 0 Å². The van der Waals surface area contributed by atoms with Crippen molar-refractivity contribution in [1.29, 1.82) is 0 Å². The van der Waals surface area contributed by atoms with E-state index in [4.69, 9.17) is 0 Å². The molecule has 0 rings (SSSR count). The van der Waals surface area contributed by atoms with Gasteiger partial charge in [-0.3, -0.25) is 0 Å². The Morgan fingerprint density at radius 1 is 0.700 bits per heavy atom. The molecule has 0 aliphatic carbocycles. The Hall–Kier alpha value is 0.527. The number of alkyl halides is 6. The third-order valence-electron chi connectivity index (χ3n) is 0.231. The van der Waals surface area contributed by atoms with E-state index in [1.165, 1.54) is 0 Å². The number of halogens is 6. The monoisotopic (exact) mass is 178 g/mol. The number of rotatable bonds is 0. The number of hydrogen-bond donors (Lipinski definition) is 0. The van der Waals surface area contributed by atoms with Crippen molar-refractivity contribution < 1.29 is 26.3 Å². The van der Waals surface area contributed by atoms with Crippen LogP contribution >= 0.6 is 11.8 Å². The third-order valence-corrected chi connectivity index (χ3v) is 0.694. The molecular formula is C2HF6LiS. The van der Waals surface area contributed by atoms with Crippen LogP contribution in [-0.2, 0) is 0 Å². The second kappa shape index (κ2) is 3.79. The van der Waals surface area contributed by atoms with Crippen LogP contribution in [0.25, 0.3) is 0 Å². The van der Waals surface area contributed by atoms with Crippen LogP contribution in [0.15, 0.2) is 0 Å². The van der Waals surface area contributed by atoms with E-state index in [-0.39, 0.29) is 18.9 Å². The molecule has 10 heavy (non-hydrogen) atoms. The quantitative estimate of drug-likeness (QED) is 0.404. The summed E-state index contributed by atoms with van der Waals surface area (Å²) in [6, 6.07) is 0. The molecule has 0 saturated heterocycles. The minimum absolute atomic E-state index is 0. The molecule has 0 aliphatic rings. The molecule has 0 saturated carbocycles. The van der Waals surface area contributed by atoms with E-state index in [0.717, 1.165) is 0 Å². The van der Waals surface area contributed by atoms with Gasteiger partial charge in [0.05, 0.1) is 11.8 Å². The van der Waals surface area contributed by atoms with Gasteiger partial charge in [-0.05, 0) is 0 Å². The Bertz CT molecular complexity index is 80.9. The predicted octanol–water partition coefficient (Wildman–Crippen LogP) is 2.11. The van der Waals surface area contributed by atoms with Gasteiger partial charge in [-0.1, -0.05) is 0 Å². The molecule has 0 aromatic rings. The van der Waals surface area contributed by atoms with Crippen molar-refractivity contribution in [3.8, 4) is 0 Å². The molecule has 8 heteroatoms. The first-order valence-corrected chi connectivity index (χ1v) is 2.36. The molecule has 0 aromatic carbocycles. The van der Waals surface area contributed by atoms with Crippen LogP contribution in [0.3, 0.4) is 0 Å². The second-order valence-corrected chi connectivity index (χ2v) is 2.12. The molecule has 0 atom stereocenters. The van der Waals surface area contributed by atoms with E-state index in [1.54, 1.807) is 0 Å². The molecule has 0 heterocycles. The van der Waals surface area contributed by atoms with Crippen LogP contribution in [0, 0.1) is 0 Å². The van der Waals surface area contributed by atoms with Crippen molar-refractivity contribution >= 4 is 30.6 Å². The molecule has 0 unspecified atom stereocenters. The molecule has 0 aliphatic heterocycles. The molecular weight excluding hydrogens is 177 g/mol. The Morgan fingerprint density at radius 2 is 0.900 bits per heavy atom. The molecule has 0 radical (unpaired) electrons. The SMILES string of the molecule is FC(F)(F)SC(F)(F)F.[LiH]. The fourth-order valence-corrected chi connectivity index (χ4v) is 0.394. The Balaban J connectivity index is 0. The van der Waals surface area contributed by atoms with Crippen LogP contribution in [0.5, 0.6) is 0 Å². The summed E-state index contributed by atoms with van der Waals surface area (Å²) in [6.07, 6.45) is 0.